The Hall–Kier alpha value is -3.58. The molecule has 0 aliphatic carbocycles. The summed E-state index contributed by atoms with van der Waals surface area (Å²) in [5, 5.41) is 6.15. The standard InChI is InChI=1S/C29H33N3O3S/c1-21-27(25-12-8-9-13-26(25)32(21)20-22-10-6-5-7-11-22)36(34,35)19-18-30-28(33)31-24-16-14-23(15-17-24)29(2,3)4/h5-17H,18-20H2,1-4H3,(H2,30,31,33). The molecule has 2 N–H and O–H groups in total. The van der Waals surface area contributed by atoms with Crippen molar-refractivity contribution in [2.45, 2.75) is 44.6 Å². The predicted octanol–water partition coefficient (Wildman–Crippen LogP) is 5.89. The van der Waals surface area contributed by atoms with Gasteiger partial charge in [0.1, 0.15) is 0 Å². The first-order valence-corrected chi connectivity index (χ1v) is 13.7. The molecule has 4 aromatic rings. The van der Waals surface area contributed by atoms with Crippen LogP contribution in [-0.4, -0.2) is 31.3 Å². The fraction of sp³-hybridized carbons (Fsp3) is 0.276. The Morgan fingerprint density at radius 2 is 1.53 bits per heavy atom. The van der Waals surface area contributed by atoms with Crippen molar-refractivity contribution < 1.29 is 13.2 Å². The Morgan fingerprint density at radius 1 is 0.889 bits per heavy atom. The first-order valence-electron chi connectivity index (χ1n) is 12.1. The zero-order chi connectivity index (χ0) is 25.9. The molecule has 2 amide bonds. The lowest BCUT2D eigenvalue weighted by Crippen LogP contribution is -2.33. The molecule has 0 radical (unpaired) electrons. The third kappa shape index (κ3) is 5.62. The van der Waals surface area contributed by atoms with Gasteiger partial charge >= 0.3 is 6.03 Å². The maximum Gasteiger partial charge on any atom is 0.319 e. The number of rotatable bonds is 7. The molecule has 4 rings (SSSR count). The molecule has 0 spiro atoms. The number of amides is 2. The number of benzene rings is 3. The second-order valence-electron chi connectivity index (χ2n) is 10.0. The highest BCUT2D eigenvalue weighted by atomic mass is 32.2. The fourth-order valence-electron chi connectivity index (χ4n) is 4.39. The van der Waals surface area contributed by atoms with Crippen molar-refractivity contribution in [3.05, 3.63) is 95.7 Å². The van der Waals surface area contributed by atoms with Crippen LogP contribution in [0.2, 0.25) is 0 Å². The molecule has 188 valence electrons. The van der Waals surface area contributed by atoms with Crippen LogP contribution in [0.15, 0.2) is 83.8 Å². The number of aromatic nitrogens is 1. The molecule has 0 unspecified atom stereocenters. The topological polar surface area (TPSA) is 80.2 Å². The van der Waals surface area contributed by atoms with Gasteiger partial charge in [-0.1, -0.05) is 81.4 Å². The van der Waals surface area contributed by atoms with Crippen LogP contribution in [0.5, 0.6) is 0 Å². The van der Waals surface area contributed by atoms with Crippen LogP contribution in [0, 0.1) is 6.92 Å². The lowest BCUT2D eigenvalue weighted by atomic mass is 9.87. The van der Waals surface area contributed by atoms with E-state index in [9.17, 15) is 13.2 Å². The van der Waals surface area contributed by atoms with E-state index < -0.39 is 15.9 Å². The summed E-state index contributed by atoms with van der Waals surface area (Å²) in [6, 6.07) is 24.8. The summed E-state index contributed by atoms with van der Waals surface area (Å²) >= 11 is 0. The molecule has 0 saturated carbocycles. The molecule has 0 fully saturated rings. The van der Waals surface area contributed by atoms with E-state index in [-0.39, 0.29) is 17.7 Å². The summed E-state index contributed by atoms with van der Waals surface area (Å²) in [5.74, 6) is -0.191. The smallest absolute Gasteiger partial charge is 0.319 e. The molecule has 7 heteroatoms. The van der Waals surface area contributed by atoms with E-state index in [0.717, 1.165) is 11.1 Å². The third-order valence-electron chi connectivity index (χ3n) is 6.33. The first-order chi connectivity index (χ1) is 17.1. The molecule has 3 aromatic carbocycles. The highest BCUT2D eigenvalue weighted by Crippen LogP contribution is 2.31. The molecule has 6 nitrogen and oxygen atoms in total. The van der Waals surface area contributed by atoms with Gasteiger partial charge in [0.2, 0.25) is 0 Å². The van der Waals surface area contributed by atoms with Gasteiger partial charge in [-0.05, 0) is 41.7 Å². The van der Waals surface area contributed by atoms with Crippen LogP contribution in [-0.2, 0) is 21.8 Å². The van der Waals surface area contributed by atoms with Gasteiger partial charge in [-0.15, -0.1) is 0 Å². The van der Waals surface area contributed by atoms with Crippen LogP contribution >= 0.6 is 0 Å². The first kappa shape index (κ1) is 25.5. The molecule has 0 aliphatic heterocycles. The van der Waals surface area contributed by atoms with E-state index in [4.69, 9.17) is 0 Å². The van der Waals surface area contributed by atoms with E-state index in [1.165, 1.54) is 5.56 Å². The number of hydrogen-bond donors (Lipinski definition) is 2. The quantitative estimate of drug-likeness (QED) is 0.330. The van der Waals surface area contributed by atoms with Gasteiger partial charge in [0, 0.05) is 35.4 Å². The highest BCUT2D eigenvalue weighted by Gasteiger charge is 2.25. The molecule has 36 heavy (non-hydrogen) atoms. The van der Waals surface area contributed by atoms with Crippen LogP contribution in [0.3, 0.4) is 0 Å². The van der Waals surface area contributed by atoms with E-state index in [1.807, 2.05) is 90.4 Å². The number of hydrogen-bond acceptors (Lipinski definition) is 3. The average molecular weight is 504 g/mol. The number of urea groups is 1. The number of para-hydroxylation sites is 1. The van der Waals surface area contributed by atoms with Crippen LogP contribution in [0.25, 0.3) is 10.9 Å². The van der Waals surface area contributed by atoms with Gasteiger partial charge in [-0.25, -0.2) is 13.2 Å². The van der Waals surface area contributed by atoms with Crippen LogP contribution in [0.4, 0.5) is 10.5 Å². The molecule has 1 aromatic heterocycles. The summed E-state index contributed by atoms with van der Waals surface area (Å²) in [4.78, 5) is 12.7. The SMILES string of the molecule is Cc1c(S(=O)(=O)CCNC(=O)Nc2ccc(C(C)(C)C)cc2)c2ccccc2n1Cc1ccccc1. The Bertz CT molecular complexity index is 1470. The summed E-state index contributed by atoms with van der Waals surface area (Å²) in [6.07, 6.45) is 0. The Morgan fingerprint density at radius 3 is 2.19 bits per heavy atom. The molecule has 0 bridgehead atoms. The summed E-state index contributed by atoms with van der Waals surface area (Å²) < 4.78 is 28.9. The van der Waals surface area contributed by atoms with Gasteiger partial charge in [0.05, 0.1) is 10.6 Å². The van der Waals surface area contributed by atoms with E-state index in [0.29, 0.717) is 28.2 Å². The van der Waals surface area contributed by atoms with Gasteiger partial charge < -0.3 is 15.2 Å². The van der Waals surface area contributed by atoms with Crippen molar-refractivity contribution in [3.63, 3.8) is 0 Å². The zero-order valence-electron chi connectivity index (χ0n) is 21.2. The van der Waals surface area contributed by atoms with Crippen molar-refractivity contribution in [2.75, 3.05) is 17.6 Å². The van der Waals surface area contributed by atoms with Crippen molar-refractivity contribution in [3.8, 4) is 0 Å². The van der Waals surface area contributed by atoms with Crippen molar-refractivity contribution in [2.24, 2.45) is 0 Å². The van der Waals surface area contributed by atoms with Gasteiger partial charge in [0.25, 0.3) is 0 Å². The number of carbonyl (C=O) groups excluding carboxylic acids is 1. The molecular weight excluding hydrogens is 470 g/mol. The minimum Gasteiger partial charge on any atom is -0.339 e. The average Bonchev–Trinajstić information content (AvgIpc) is 3.11. The number of sulfone groups is 1. The minimum absolute atomic E-state index is 0.00583. The fourth-order valence-corrected chi connectivity index (χ4v) is 6.03. The second kappa shape index (κ2) is 10.2. The van der Waals surface area contributed by atoms with Crippen LogP contribution in [0.1, 0.15) is 37.6 Å². The molecule has 0 aliphatic rings. The van der Waals surface area contributed by atoms with Crippen molar-refractivity contribution in [1.82, 2.24) is 9.88 Å². The number of nitrogens with one attached hydrogen (secondary N) is 2. The summed E-state index contributed by atoms with van der Waals surface area (Å²) in [6.45, 7) is 8.82. The van der Waals surface area contributed by atoms with Gasteiger partial charge in [0.15, 0.2) is 9.84 Å². The monoisotopic (exact) mass is 503 g/mol. The minimum atomic E-state index is -3.64. The maximum atomic E-state index is 13.4. The number of nitrogens with zero attached hydrogens (tertiary/aromatic N) is 1. The van der Waals surface area contributed by atoms with E-state index in [1.54, 1.807) is 0 Å². The van der Waals surface area contributed by atoms with Crippen LogP contribution < -0.4 is 10.6 Å². The van der Waals surface area contributed by atoms with Gasteiger partial charge in [-0.2, -0.15) is 0 Å². The van der Waals surface area contributed by atoms with E-state index in [2.05, 4.69) is 31.4 Å². The third-order valence-corrected chi connectivity index (χ3v) is 8.21. The number of carbonyl (C=O) groups is 1. The van der Waals surface area contributed by atoms with Crippen molar-refractivity contribution >= 4 is 32.5 Å². The molecule has 1 heterocycles. The summed E-state index contributed by atoms with van der Waals surface area (Å²) in [5.41, 5.74) is 4.52. The number of fused-ring (bicyclic) bond motifs is 1. The normalized spacial score (nSPS) is 12.0. The Balaban J connectivity index is 1.46. The van der Waals surface area contributed by atoms with E-state index >= 15 is 0 Å². The summed E-state index contributed by atoms with van der Waals surface area (Å²) in [7, 11) is -3.64. The van der Waals surface area contributed by atoms with Gasteiger partial charge in [-0.3, -0.25) is 0 Å². The largest absolute Gasteiger partial charge is 0.339 e. The van der Waals surface area contributed by atoms with Crippen molar-refractivity contribution in [1.29, 1.82) is 0 Å². The number of anilines is 1. The maximum absolute atomic E-state index is 13.4. The highest BCUT2D eigenvalue weighted by molar-refractivity contribution is 7.91. The molecular formula is C29H33N3O3S. The molecule has 0 saturated heterocycles. The predicted molar refractivity (Wildman–Crippen MR) is 146 cm³/mol. The Kier molecular flexibility index (Phi) is 7.22. The Labute approximate surface area is 213 Å². The lowest BCUT2D eigenvalue weighted by Gasteiger charge is -2.19. The molecule has 0 atom stereocenters. The zero-order valence-corrected chi connectivity index (χ0v) is 22.0. The lowest BCUT2D eigenvalue weighted by molar-refractivity contribution is 0.252. The second-order valence-corrected chi connectivity index (χ2v) is 12.1.